The van der Waals surface area contributed by atoms with E-state index in [0.29, 0.717) is 25.8 Å². The molecule has 3 nitrogen and oxygen atoms in total. The van der Waals surface area contributed by atoms with Crippen LogP contribution in [0, 0.1) is 12.3 Å². The second-order valence-electron chi connectivity index (χ2n) is 3.73. The highest BCUT2D eigenvalue weighted by Gasteiger charge is 2.19. The van der Waals surface area contributed by atoms with Gasteiger partial charge in [0.05, 0.1) is 5.60 Å². The molecular weight excluding hydrogens is 178 g/mol. The summed E-state index contributed by atoms with van der Waals surface area (Å²) in [6.45, 7) is 4.01. The molecule has 0 rings (SSSR count). The van der Waals surface area contributed by atoms with E-state index < -0.39 is 5.60 Å². The Kier molecular flexibility index (Phi) is 5.98. The van der Waals surface area contributed by atoms with Crippen molar-refractivity contribution >= 4 is 5.91 Å². The fourth-order valence-corrected chi connectivity index (χ4v) is 1.19. The first kappa shape index (κ1) is 13.0. The fourth-order valence-electron chi connectivity index (χ4n) is 1.19. The van der Waals surface area contributed by atoms with Crippen LogP contribution in [-0.4, -0.2) is 23.2 Å². The zero-order valence-corrected chi connectivity index (χ0v) is 8.97. The van der Waals surface area contributed by atoms with Crippen LogP contribution in [0.4, 0.5) is 0 Å². The highest BCUT2D eigenvalue weighted by atomic mass is 16.3. The Morgan fingerprint density at radius 3 is 2.79 bits per heavy atom. The highest BCUT2D eigenvalue weighted by molar-refractivity contribution is 5.76. The normalized spacial score (nSPS) is 14.1. The Labute approximate surface area is 85.9 Å². The van der Waals surface area contributed by atoms with E-state index in [9.17, 15) is 9.90 Å². The lowest BCUT2D eigenvalue weighted by molar-refractivity contribution is -0.122. The first-order chi connectivity index (χ1) is 6.52. The number of nitrogens with one attached hydrogen (secondary N) is 1. The van der Waals surface area contributed by atoms with Crippen LogP contribution in [0.25, 0.3) is 0 Å². The van der Waals surface area contributed by atoms with Gasteiger partial charge < -0.3 is 10.4 Å². The van der Waals surface area contributed by atoms with Crippen molar-refractivity contribution in [1.29, 1.82) is 0 Å². The molecule has 0 aromatic carbocycles. The molecule has 1 atom stereocenters. The van der Waals surface area contributed by atoms with Gasteiger partial charge in [0.2, 0.25) is 5.91 Å². The number of rotatable bonds is 6. The minimum Gasteiger partial charge on any atom is -0.388 e. The van der Waals surface area contributed by atoms with Crippen molar-refractivity contribution < 1.29 is 9.90 Å². The van der Waals surface area contributed by atoms with Gasteiger partial charge >= 0.3 is 0 Å². The largest absolute Gasteiger partial charge is 0.388 e. The van der Waals surface area contributed by atoms with E-state index in [4.69, 9.17) is 6.42 Å². The van der Waals surface area contributed by atoms with Crippen molar-refractivity contribution in [3.05, 3.63) is 0 Å². The zero-order valence-electron chi connectivity index (χ0n) is 8.97. The van der Waals surface area contributed by atoms with Crippen LogP contribution in [-0.2, 0) is 4.79 Å². The Morgan fingerprint density at radius 1 is 1.64 bits per heavy atom. The maximum absolute atomic E-state index is 11.1. The average molecular weight is 197 g/mol. The number of amides is 1. The van der Waals surface area contributed by atoms with Gasteiger partial charge in [0.15, 0.2) is 0 Å². The molecule has 0 aliphatic rings. The lowest BCUT2D eigenvalue weighted by Crippen LogP contribution is -2.40. The fraction of sp³-hybridized carbons (Fsp3) is 0.727. The molecular formula is C11H19NO2. The average Bonchev–Trinajstić information content (AvgIpc) is 2.11. The summed E-state index contributed by atoms with van der Waals surface area (Å²) in [5, 5.41) is 12.4. The third-order valence-electron chi connectivity index (χ3n) is 1.95. The third-order valence-corrected chi connectivity index (χ3v) is 1.95. The van der Waals surface area contributed by atoms with Crippen molar-refractivity contribution in [1.82, 2.24) is 5.32 Å². The Balaban J connectivity index is 3.71. The summed E-state index contributed by atoms with van der Waals surface area (Å²) < 4.78 is 0. The van der Waals surface area contributed by atoms with Crippen LogP contribution in [0.15, 0.2) is 0 Å². The van der Waals surface area contributed by atoms with Crippen LogP contribution < -0.4 is 5.32 Å². The van der Waals surface area contributed by atoms with Gasteiger partial charge in [-0.1, -0.05) is 13.3 Å². The van der Waals surface area contributed by atoms with Gasteiger partial charge in [-0.15, -0.1) is 12.3 Å². The van der Waals surface area contributed by atoms with Crippen LogP contribution in [0.2, 0.25) is 0 Å². The molecule has 0 aliphatic carbocycles. The van der Waals surface area contributed by atoms with E-state index >= 15 is 0 Å². The molecule has 0 radical (unpaired) electrons. The van der Waals surface area contributed by atoms with E-state index in [2.05, 4.69) is 11.2 Å². The van der Waals surface area contributed by atoms with Gasteiger partial charge in [-0.25, -0.2) is 0 Å². The Hall–Kier alpha value is -1.01. The smallest absolute Gasteiger partial charge is 0.221 e. The second kappa shape index (κ2) is 6.44. The quantitative estimate of drug-likeness (QED) is 0.626. The zero-order chi connectivity index (χ0) is 11.0. The van der Waals surface area contributed by atoms with Crippen LogP contribution in [0.1, 0.15) is 39.5 Å². The summed E-state index contributed by atoms with van der Waals surface area (Å²) >= 11 is 0. The number of terminal acetylenes is 1. The van der Waals surface area contributed by atoms with Gasteiger partial charge in [-0.3, -0.25) is 4.79 Å². The molecule has 0 bridgehead atoms. The summed E-state index contributed by atoms with van der Waals surface area (Å²) in [5.41, 5.74) is -0.805. The van der Waals surface area contributed by atoms with Crippen molar-refractivity contribution in [2.75, 3.05) is 6.54 Å². The maximum Gasteiger partial charge on any atom is 0.221 e. The minimum absolute atomic E-state index is 0.0978. The van der Waals surface area contributed by atoms with Gasteiger partial charge in [-0.05, 0) is 13.3 Å². The number of hydrogen-bond acceptors (Lipinski definition) is 2. The monoisotopic (exact) mass is 197 g/mol. The van der Waals surface area contributed by atoms with Crippen molar-refractivity contribution in [3.8, 4) is 12.3 Å². The standard InChI is InChI=1S/C11H19NO2/c1-4-6-7-10(13)12-9-11(3,14)8-5-2/h1,14H,5-9H2,2-3H3,(H,12,13). The molecule has 0 aromatic rings. The summed E-state index contributed by atoms with van der Waals surface area (Å²) in [7, 11) is 0. The third kappa shape index (κ3) is 6.50. The van der Waals surface area contributed by atoms with E-state index in [1.165, 1.54) is 0 Å². The van der Waals surface area contributed by atoms with E-state index in [0.717, 1.165) is 6.42 Å². The molecule has 0 aromatic heterocycles. The van der Waals surface area contributed by atoms with Gasteiger partial charge in [0, 0.05) is 19.4 Å². The highest BCUT2D eigenvalue weighted by Crippen LogP contribution is 2.09. The maximum atomic E-state index is 11.1. The number of hydrogen-bond donors (Lipinski definition) is 2. The molecule has 3 heteroatoms. The summed E-state index contributed by atoms with van der Waals surface area (Å²) in [6, 6.07) is 0. The molecule has 0 saturated heterocycles. The molecule has 14 heavy (non-hydrogen) atoms. The number of aliphatic hydroxyl groups is 1. The van der Waals surface area contributed by atoms with Gasteiger partial charge in [0.1, 0.15) is 0 Å². The summed E-state index contributed by atoms with van der Waals surface area (Å²) in [4.78, 5) is 11.1. The predicted molar refractivity (Wildman–Crippen MR) is 56.6 cm³/mol. The van der Waals surface area contributed by atoms with Gasteiger partial charge in [0.25, 0.3) is 0 Å². The molecule has 1 unspecified atom stereocenters. The topological polar surface area (TPSA) is 49.3 Å². The van der Waals surface area contributed by atoms with Crippen LogP contribution >= 0.6 is 0 Å². The molecule has 0 spiro atoms. The van der Waals surface area contributed by atoms with E-state index in [1.807, 2.05) is 6.92 Å². The number of carbonyl (C=O) groups excluding carboxylic acids is 1. The molecule has 2 N–H and O–H groups in total. The Morgan fingerprint density at radius 2 is 2.29 bits per heavy atom. The lowest BCUT2D eigenvalue weighted by atomic mass is 10.0. The predicted octanol–water partition coefficient (Wildman–Crippen LogP) is 1.07. The van der Waals surface area contributed by atoms with Crippen molar-refractivity contribution in [2.45, 2.75) is 45.1 Å². The molecule has 0 fully saturated rings. The molecule has 0 aliphatic heterocycles. The van der Waals surface area contributed by atoms with Crippen molar-refractivity contribution in [3.63, 3.8) is 0 Å². The summed E-state index contributed by atoms with van der Waals surface area (Å²) in [6.07, 6.45) is 7.38. The first-order valence-electron chi connectivity index (χ1n) is 4.94. The molecule has 1 amide bonds. The van der Waals surface area contributed by atoms with Crippen LogP contribution in [0.5, 0.6) is 0 Å². The first-order valence-corrected chi connectivity index (χ1v) is 4.94. The molecule has 0 heterocycles. The molecule has 0 saturated carbocycles. The lowest BCUT2D eigenvalue weighted by Gasteiger charge is -2.22. The Bertz CT molecular complexity index is 216. The second-order valence-corrected chi connectivity index (χ2v) is 3.73. The summed E-state index contributed by atoms with van der Waals surface area (Å²) in [5.74, 6) is 2.30. The number of carbonyl (C=O) groups is 1. The molecule has 80 valence electrons. The van der Waals surface area contributed by atoms with Crippen molar-refractivity contribution in [2.24, 2.45) is 0 Å². The SMILES string of the molecule is C#CCCC(=O)NCC(C)(O)CCC. The minimum atomic E-state index is -0.805. The van der Waals surface area contributed by atoms with Gasteiger partial charge in [-0.2, -0.15) is 0 Å². The van der Waals surface area contributed by atoms with Crippen LogP contribution in [0.3, 0.4) is 0 Å². The van der Waals surface area contributed by atoms with E-state index in [1.54, 1.807) is 6.92 Å². The van der Waals surface area contributed by atoms with E-state index in [-0.39, 0.29) is 5.91 Å².